The van der Waals surface area contributed by atoms with Gasteiger partial charge in [0.1, 0.15) is 0 Å². The third kappa shape index (κ3) is 9.52. The first kappa shape index (κ1) is 13.4. The van der Waals surface area contributed by atoms with Gasteiger partial charge in [-0.05, 0) is 45.3 Å². The fourth-order valence-electron chi connectivity index (χ4n) is 1.29. The Morgan fingerprint density at radius 3 is 2.43 bits per heavy atom. The van der Waals surface area contributed by atoms with Crippen LogP contribution in [0.2, 0.25) is 0 Å². The van der Waals surface area contributed by atoms with Gasteiger partial charge in [-0.25, -0.2) is 0 Å². The number of hydrogen-bond acceptors (Lipinski definition) is 2. The molecule has 0 saturated carbocycles. The largest absolute Gasteiger partial charge is 0.388 e. The number of nitrogens with two attached hydrogens (primary N) is 1. The maximum Gasteiger partial charge on any atom is 0.0905 e. The molecular weight excluding hydrogens is 174 g/mol. The molecule has 0 rings (SSSR count). The van der Waals surface area contributed by atoms with Gasteiger partial charge in [0.05, 0.1) is 5.84 Å². The molecule has 0 spiro atoms. The van der Waals surface area contributed by atoms with Gasteiger partial charge < -0.3 is 10.6 Å². The highest BCUT2D eigenvalue weighted by Crippen LogP contribution is 2.02. The van der Waals surface area contributed by atoms with Crippen molar-refractivity contribution in [3.63, 3.8) is 0 Å². The van der Waals surface area contributed by atoms with Crippen LogP contribution in [0.4, 0.5) is 0 Å². The van der Waals surface area contributed by atoms with E-state index in [-0.39, 0.29) is 0 Å². The Bertz CT molecular complexity index is 155. The second-order valence-corrected chi connectivity index (χ2v) is 4.47. The molecule has 14 heavy (non-hydrogen) atoms. The molecule has 0 aliphatic carbocycles. The Labute approximate surface area is 88.2 Å². The van der Waals surface area contributed by atoms with Crippen molar-refractivity contribution in [2.24, 2.45) is 11.7 Å². The van der Waals surface area contributed by atoms with Gasteiger partial charge >= 0.3 is 0 Å². The molecule has 0 aromatic carbocycles. The fraction of sp³-hybridized carbons (Fsp3) is 0.909. The van der Waals surface area contributed by atoms with Gasteiger partial charge in [-0.2, -0.15) is 0 Å². The average molecular weight is 199 g/mol. The molecule has 0 radical (unpaired) electrons. The van der Waals surface area contributed by atoms with Crippen LogP contribution in [0.15, 0.2) is 0 Å². The van der Waals surface area contributed by atoms with E-state index in [2.05, 4.69) is 25.8 Å². The third-order valence-electron chi connectivity index (χ3n) is 2.32. The van der Waals surface area contributed by atoms with Crippen molar-refractivity contribution < 1.29 is 0 Å². The maximum atomic E-state index is 7.08. The second-order valence-electron chi connectivity index (χ2n) is 4.47. The smallest absolute Gasteiger partial charge is 0.0905 e. The first-order valence-electron chi connectivity index (χ1n) is 5.53. The normalized spacial score (nSPS) is 11.2. The molecule has 3 nitrogen and oxygen atoms in total. The molecule has 0 aliphatic rings. The highest BCUT2D eigenvalue weighted by Gasteiger charge is 2.00. The minimum Gasteiger partial charge on any atom is -0.388 e. The van der Waals surface area contributed by atoms with Gasteiger partial charge in [-0.1, -0.05) is 13.8 Å². The summed E-state index contributed by atoms with van der Waals surface area (Å²) in [5, 5.41) is 7.08. The van der Waals surface area contributed by atoms with Crippen LogP contribution < -0.4 is 5.73 Å². The fourth-order valence-corrected chi connectivity index (χ4v) is 1.29. The number of hydrogen-bond donors (Lipinski definition) is 2. The lowest BCUT2D eigenvalue weighted by Gasteiger charge is -2.17. The summed E-state index contributed by atoms with van der Waals surface area (Å²) in [6.07, 6.45) is 4.21. The Hall–Kier alpha value is -0.570. The minimum absolute atomic E-state index is 0.315. The van der Waals surface area contributed by atoms with Gasteiger partial charge in [0.25, 0.3) is 0 Å². The summed E-state index contributed by atoms with van der Waals surface area (Å²) in [7, 11) is 2.16. The van der Waals surface area contributed by atoms with Crippen molar-refractivity contribution in [1.29, 1.82) is 5.41 Å². The average Bonchev–Trinajstić information content (AvgIpc) is 2.08. The van der Waals surface area contributed by atoms with E-state index in [1.165, 1.54) is 13.0 Å². The highest BCUT2D eigenvalue weighted by molar-refractivity contribution is 5.76. The first-order valence-corrected chi connectivity index (χ1v) is 5.53. The van der Waals surface area contributed by atoms with Crippen LogP contribution in [-0.2, 0) is 0 Å². The zero-order valence-electron chi connectivity index (χ0n) is 9.84. The van der Waals surface area contributed by atoms with E-state index in [1.807, 2.05) is 0 Å². The monoisotopic (exact) mass is 199 g/mol. The zero-order valence-corrected chi connectivity index (χ0v) is 9.84. The summed E-state index contributed by atoms with van der Waals surface area (Å²) in [5.74, 6) is 1.10. The number of rotatable bonds is 8. The maximum absolute atomic E-state index is 7.08. The van der Waals surface area contributed by atoms with Gasteiger partial charge in [0.2, 0.25) is 0 Å². The Morgan fingerprint density at radius 1 is 1.29 bits per heavy atom. The molecule has 0 aliphatic heterocycles. The van der Waals surface area contributed by atoms with Crippen molar-refractivity contribution in [2.75, 3.05) is 20.1 Å². The number of nitrogens with zero attached hydrogens (tertiary/aromatic N) is 1. The molecule has 0 unspecified atom stereocenters. The van der Waals surface area contributed by atoms with Crippen molar-refractivity contribution in [3.05, 3.63) is 0 Å². The first-order chi connectivity index (χ1) is 6.52. The minimum atomic E-state index is 0.315. The highest BCUT2D eigenvalue weighted by atomic mass is 15.1. The van der Waals surface area contributed by atoms with Crippen LogP contribution in [0.5, 0.6) is 0 Å². The Kier molecular flexibility index (Phi) is 7.48. The van der Waals surface area contributed by atoms with Gasteiger partial charge in [0, 0.05) is 6.42 Å². The number of nitrogens with one attached hydrogen (secondary N) is 1. The molecular formula is C11H25N3. The lowest BCUT2D eigenvalue weighted by molar-refractivity contribution is 0.305. The number of unbranched alkanes of at least 4 members (excludes halogenated alkanes) is 1. The van der Waals surface area contributed by atoms with Crippen molar-refractivity contribution in [1.82, 2.24) is 4.90 Å². The van der Waals surface area contributed by atoms with Crippen LogP contribution in [0, 0.1) is 11.3 Å². The molecule has 0 saturated heterocycles. The summed E-state index contributed by atoms with van der Waals surface area (Å²) < 4.78 is 0. The predicted molar refractivity (Wildman–Crippen MR) is 62.7 cm³/mol. The number of amidine groups is 1. The summed E-state index contributed by atoms with van der Waals surface area (Å²) >= 11 is 0. The second kappa shape index (κ2) is 7.80. The van der Waals surface area contributed by atoms with E-state index < -0.39 is 0 Å². The Balaban J connectivity index is 3.26. The molecule has 3 heteroatoms. The van der Waals surface area contributed by atoms with Crippen LogP contribution >= 0.6 is 0 Å². The van der Waals surface area contributed by atoms with Crippen molar-refractivity contribution in [2.45, 2.75) is 39.5 Å². The van der Waals surface area contributed by atoms with Crippen LogP contribution in [0.3, 0.4) is 0 Å². The van der Waals surface area contributed by atoms with Crippen molar-refractivity contribution in [3.8, 4) is 0 Å². The molecule has 84 valence electrons. The summed E-state index contributed by atoms with van der Waals surface area (Å²) in [4.78, 5) is 2.36. The topological polar surface area (TPSA) is 53.1 Å². The third-order valence-corrected chi connectivity index (χ3v) is 2.32. The van der Waals surface area contributed by atoms with Crippen LogP contribution in [0.25, 0.3) is 0 Å². The van der Waals surface area contributed by atoms with E-state index in [4.69, 9.17) is 11.1 Å². The lowest BCUT2D eigenvalue weighted by Crippen LogP contribution is -2.22. The zero-order chi connectivity index (χ0) is 11.0. The molecule has 0 fully saturated rings. The van der Waals surface area contributed by atoms with Gasteiger partial charge in [0.15, 0.2) is 0 Å². The summed E-state index contributed by atoms with van der Waals surface area (Å²) in [5.41, 5.74) is 5.28. The summed E-state index contributed by atoms with van der Waals surface area (Å²) in [6.45, 7) is 6.81. The predicted octanol–water partition coefficient (Wildman–Crippen LogP) is 2.07. The molecule has 0 aromatic heterocycles. The quantitative estimate of drug-likeness (QED) is 0.357. The van der Waals surface area contributed by atoms with Crippen molar-refractivity contribution >= 4 is 5.84 Å². The van der Waals surface area contributed by atoms with E-state index in [0.717, 1.165) is 31.7 Å². The molecule has 0 heterocycles. The van der Waals surface area contributed by atoms with Gasteiger partial charge in [-0.15, -0.1) is 0 Å². The van der Waals surface area contributed by atoms with E-state index in [9.17, 15) is 0 Å². The standard InChI is InChI=1S/C11H25N3/c1-10(2)7-9-14(3)8-5-4-6-11(12)13/h10H,4-9H2,1-3H3,(H3,12,13). The molecule has 3 N–H and O–H groups in total. The van der Waals surface area contributed by atoms with Crippen LogP contribution in [-0.4, -0.2) is 30.9 Å². The van der Waals surface area contributed by atoms with Gasteiger partial charge in [-0.3, -0.25) is 5.41 Å². The lowest BCUT2D eigenvalue weighted by atomic mass is 10.1. The molecule has 0 amide bonds. The molecule has 0 bridgehead atoms. The molecule has 0 atom stereocenters. The van der Waals surface area contributed by atoms with Crippen LogP contribution in [0.1, 0.15) is 39.5 Å². The molecule has 0 aromatic rings. The SMILES string of the molecule is CC(C)CCN(C)CCCCC(=N)N. The van der Waals surface area contributed by atoms with E-state index >= 15 is 0 Å². The Morgan fingerprint density at radius 2 is 1.93 bits per heavy atom. The van der Waals surface area contributed by atoms with E-state index in [1.54, 1.807) is 0 Å². The van der Waals surface area contributed by atoms with E-state index in [0.29, 0.717) is 5.84 Å². The summed E-state index contributed by atoms with van der Waals surface area (Å²) in [6, 6.07) is 0.